The van der Waals surface area contributed by atoms with Crippen molar-refractivity contribution in [3.63, 3.8) is 0 Å². The lowest BCUT2D eigenvalue weighted by atomic mass is 10.2. The van der Waals surface area contributed by atoms with Gasteiger partial charge in [-0.3, -0.25) is 4.79 Å². The summed E-state index contributed by atoms with van der Waals surface area (Å²) >= 11 is 0. The Bertz CT molecular complexity index is 379. The topological polar surface area (TPSA) is 47.6 Å². The predicted octanol–water partition coefficient (Wildman–Crippen LogP) is 2.52. The molecule has 0 atom stereocenters. The van der Waals surface area contributed by atoms with Gasteiger partial charge in [-0.25, -0.2) is 0 Å². The molecule has 4 heteroatoms. The van der Waals surface area contributed by atoms with Crippen LogP contribution in [-0.2, 0) is 16.1 Å². The Morgan fingerprint density at radius 3 is 2.89 bits per heavy atom. The Morgan fingerprint density at radius 1 is 1.32 bits per heavy atom. The number of benzene rings is 1. The fourth-order valence-electron chi connectivity index (χ4n) is 1.66. The molecule has 0 radical (unpaired) electrons. The molecule has 0 saturated carbocycles. The average molecular weight is 265 g/mol. The SMILES string of the molecule is CCCC(=O)OCCNCc1cccc(OCC)c1. The van der Waals surface area contributed by atoms with Crippen LogP contribution in [0, 0.1) is 0 Å². The highest BCUT2D eigenvalue weighted by Crippen LogP contribution is 2.12. The monoisotopic (exact) mass is 265 g/mol. The van der Waals surface area contributed by atoms with Crippen LogP contribution in [0.3, 0.4) is 0 Å². The fourth-order valence-corrected chi connectivity index (χ4v) is 1.66. The van der Waals surface area contributed by atoms with Gasteiger partial charge in [0, 0.05) is 19.5 Å². The molecular weight excluding hydrogens is 242 g/mol. The van der Waals surface area contributed by atoms with Crippen LogP contribution in [0.15, 0.2) is 24.3 Å². The second-order valence-electron chi connectivity index (χ2n) is 4.23. The lowest BCUT2D eigenvalue weighted by molar-refractivity contribution is -0.143. The van der Waals surface area contributed by atoms with Crippen molar-refractivity contribution in [1.82, 2.24) is 5.32 Å². The molecule has 1 rings (SSSR count). The quantitative estimate of drug-likeness (QED) is 0.550. The number of hydrogen-bond acceptors (Lipinski definition) is 4. The van der Waals surface area contributed by atoms with E-state index in [0.29, 0.717) is 26.2 Å². The molecule has 0 bridgehead atoms. The van der Waals surface area contributed by atoms with Crippen molar-refractivity contribution in [2.45, 2.75) is 33.2 Å². The minimum Gasteiger partial charge on any atom is -0.494 e. The van der Waals surface area contributed by atoms with E-state index in [-0.39, 0.29) is 5.97 Å². The van der Waals surface area contributed by atoms with E-state index in [4.69, 9.17) is 9.47 Å². The molecule has 0 heterocycles. The van der Waals surface area contributed by atoms with Crippen molar-refractivity contribution >= 4 is 5.97 Å². The van der Waals surface area contributed by atoms with Gasteiger partial charge in [-0.15, -0.1) is 0 Å². The summed E-state index contributed by atoms with van der Waals surface area (Å²) in [6, 6.07) is 7.97. The highest BCUT2D eigenvalue weighted by molar-refractivity contribution is 5.69. The van der Waals surface area contributed by atoms with Crippen LogP contribution in [0.25, 0.3) is 0 Å². The van der Waals surface area contributed by atoms with E-state index in [9.17, 15) is 4.79 Å². The lowest BCUT2D eigenvalue weighted by Gasteiger charge is -2.08. The highest BCUT2D eigenvalue weighted by Gasteiger charge is 2.00. The van der Waals surface area contributed by atoms with Gasteiger partial charge < -0.3 is 14.8 Å². The first-order valence-corrected chi connectivity index (χ1v) is 6.84. The van der Waals surface area contributed by atoms with Crippen molar-refractivity contribution < 1.29 is 14.3 Å². The van der Waals surface area contributed by atoms with Crippen LogP contribution >= 0.6 is 0 Å². The number of ether oxygens (including phenoxy) is 2. The van der Waals surface area contributed by atoms with Crippen LogP contribution in [-0.4, -0.2) is 25.7 Å². The van der Waals surface area contributed by atoms with E-state index in [1.165, 1.54) is 0 Å². The van der Waals surface area contributed by atoms with Gasteiger partial charge in [-0.2, -0.15) is 0 Å². The second kappa shape index (κ2) is 9.39. The van der Waals surface area contributed by atoms with Gasteiger partial charge in [0.05, 0.1) is 6.61 Å². The average Bonchev–Trinajstić information content (AvgIpc) is 2.39. The molecule has 1 N–H and O–H groups in total. The molecule has 1 aromatic carbocycles. The third kappa shape index (κ3) is 6.82. The molecule has 0 spiro atoms. The summed E-state index contributed by atoms with van der Waals surface area (Å²) in [4.78, 5) is 11.1. The molecule has 0 fully saturated rings. The van der Waals surface area contributed by atoms with Crippen molar-refractivity contribution in [1.29, 1.82) is 0 Å². The summed E-state index contributed by atoms with van der Waals surface area (Å²) in [5.74, 6) is 0.763. The summed E-state index contributed by atoms with van der Waals surface area (Å²) < 4.78 is 10.5. The van der Waals surface area contributed by atoms with Gasteiger partial charge in [0.25, 0.3) is 0 Å². The Morgan fingerprint density at radius 2 is 2.16 bits per heavy atom. The maximum atomic E-state index is 11.1. The molecule has 0 aliphatic rings. The summed E-state index contributed by atoms with van der Waals surface area (Å²) in [6.07, 6.45) is 1.33. The van der Waals surface area contributed by atoms with Gasteiger partial charge in [0.15, 0.2) is 0 Å². The zero-order chi connectivity index (χ0) is 13.9. The molecule has 0 aliphatic carbocycles. The Labute approximate surface area is 115 Å². The molecule has 0 amide bonds. The number of hydrogen-bond donors (Lipinski definition) is 1. The van der Waals surface area contributed by atoms with Gasteiger partial charge >= 0.3 is 5.97 Å². The molecule has 1 aromatic rings. The number of esters is 1. The molecule has 19 heavy (non-hydrogen) atoms. The van der Waals surface area contributed by atoms with Gasteiger partial charge in [0.1, 0.15) is 12.4 Å². The van der Waals surface area contributed by atoms with Crippen molar-refractivity contribution in [3.8, 4) is 5.75 Å². The minimum absolute atomic E-state index is 0.123. The molecular formula is C15H23NO3. The predicted molar refractivity (Wildman–Crippen MR) is 75.2 cm³/mol. The maximum absolute atomic E-state index is 11.1. The number of carbonyl (C=O) groups excluding carboxylic acids is 1. The van der Waals surface area contributed by atoms with E-state index in [1.54, 1.807) is 0 Å². The van der Waals surface area contributed by atoms with Gasteiger partial charge in [0.2, 0.25) is 0 Å². The summed E-state index contributed by atoms with van der Waals surface area (Å²) in [5.41, 5.74) is 1.16. The number of nitrogens with one attached hydrogen (secondary N) is 1. The molecule has 0 saturated heterocycles. The zero-order valence-electron chi connectivity index (χ0n) is 11.8. The zero-order valence-corrected chi connectivity index (χ0v) is 11.8. The molecule has 4 nitrogen and oxygen atoms in total. The molecule has 0 unspecified atom stereocenters. The van der Waals surface area contributed by atoms with Crippen LogP contribution < -0.4 is 10.1 Å². The summed E-state index contributed by atoms with van der Waals surface area (Å²) in [6.45, 7) is 6.43. The van der Waals surface area contributed by atoms with Crippen molar-refractivity contribution in [2.24, 2.45) is 0 Å². The highest BCUT2D eigenvalue weighted by atomic mass is 16.5. The smallest absolute Gasteiger partial charge is 0.305 e. The van der Waals surface area contributed by atoms with E-state index in [1.807, 2.05) is 38.1 Å². The van der Waals surface area contributed by atoms with E-state index < -0.39 is 0 Å². The first kappa shape index (κ1) is 15.5. The van der Waals surface area contributed by atoms with Crippen molar-refractivity contribution in [3.05, 3.63) is 29.8 Å². The number of rotatable bonds is 9. The first-order chi connectivity index (χ1) is 9.26. The molecule has 0 aliphatic heterocycles. The molecule has 0 aromatic heterocycles. The largest absolute Gasteiger partial charge is 0.494 e. The van der Waals surface area contributed by atoms with Crippen LogP contribution in [0.2, 0.25) is 0 Å². The van der Waals surface area contributed by atoms with Crippen LogP contribution in [0.1, 0.15) is 32.3 Å². The number of carbonyl (C=O) groups is 1. The van der Waals surface area contributed by atoms with Gasteiger partial charge in [-0.05, 0) is 31.0 Å². The van der Waals surface area contributed by atoms with E-state index in [0.717, 1.165) is 24.3 Å². The standard InChI is InChI=1S/C15H23NO3/c1-3-6-15(17)19-10-9-16-12-13-7-5-8-14(11-13)18-4-2/h5,7-8,11,16H,3-4,6,9-10,12H2,1-2H3. The van der Waals surface area contributed by atoms with E-state index >= 15 is 0 Å². The lowest BCUT2D eigenvalue weighted by Crippen LogP contribution is -2.21. The summed E-state index contributed by atoms with van der Waals surface area (Å²) in [5, 5.41) is 3.24. The third-order valence-corrected chi connectivity index (χ3v) is 2.53. The fraction of sp³-hybridized carbons (Fsp3) is 0.533. The van der Waals surface area contributed by atoms with Crippen LogP contribution in [0.4, 0.5) is 0 Å². The van der Waals surface area contributed by atoms with Crippen LogP contribution in [0.5, 0.6) is 5.75 Å². The summed E-state index contributed by atoms with van der Waals surface area (Å²) in [7, 11) is 0. The second-order valence-corrected chi connectivity index (χ2v) is 4.23. The van der Waals surface area contributed by atoms with Gasteiger partial charge in [-0.1, -0.05) is 19.1 Å². The van der Waals surface area contributed by atoms with Crippen molar-refractivity contribution in [2.75, 3.05) is 19.8 Å². The van der Waals surface area contributed by atoms with E-state index in [2.05, 4.69) is 5.32 Å². The Kier molecular flexibility index (Phi) is 7.66. The minimum atomic E-state index is -0.123. The Balaban J connectivity index is 2.18. The Hall–Kier alpha value is -1.55. The third-order valence-electron chi connectivity index (χ3n) is 2.53. The first-order valence-electron chi connectivity index (χ1n) is 6.84. The molecule has 106 valence electrons. The normalized spacial score (nSPS) is 10.2. The maximum Gasteiger partial charge on any atom is 0.305 e.